The third-order valence-electron chi connectivity index (χ3n) is 3.97. The number of fused-ring (bicyclic) bond motifs is 1. The molecule has 1 saturated heterocycles. The van der Waals surface area contributed by atoms with Crippen molar-refractivity contribution in [3.05, 3.63) is 23.8 Å². The summed E-state index contributed by atoms with van der Waals surface area (Å²) in [6, 6.07) is 6.44. The first-order chi connectivity index (χ1) is 9.14. The summed E-state index contributed by atoms with van der Waals surface area (Å²) >= 11 is 0. The Labute approximate surface area is 115 Å². The molecule has 1 N–H and O–H groups in total. The lowest BCUT2D eigenvalue weighted by atomic mass is 9.91. The molecule has 1 atom stereocenters. The Morgan fingerprint density at radius 2 is 1.95 bits per heavy atom. The van der Waals surface area contributed by atoms with Gasteiger partial charge in [-0.2, -0.15) is 0 Å². The fourth-order valence-electron chi connectivity index (χ4n) is 2.73. The van der Waals surface area contributed by atoms with Crippen LogP contribution in [-0.4, -0.2) is 26.3 Å². The fraction of sp³-hybridized carbons (Fsp3) is 0.625. The Balaban J connectivity index is 1.82. The van der Waals surface area contributed by atoms with E-state index in [1.807, 2.05) is 0 Å². The second kappa shape index (κ2) is 5.04. The molecule has 19 heavy (non-hydrogen) atoms. The van der Waals surface area contributed by atoms with Crippen LogP contribution in [0.4, 0.5) is 0 Å². The van der Waals surface area contributed by atoms with Crippen LogP contribution in [0, 0.1) is 5.41 Å². The second-order valence-electron chi connectivity index (χ2n) is 6.49. The highest BCUT2D eigenvalue weighted by Gasteiger charge is 2.26. The zero-order valence-corrected chi connectivity index (χ0v) is 11.9. The van der Waals surface area contributed by atoms with Crippen LogP contribution in [0.3, 0.4) is 0 Å². The smallest absolute Gasteiger partial charge is 0.161 e. The van der Waals surface area contributed by atoms with Gasteiger partial charge in [0.25, 0.3) is 0 Å². The molecule has 1 fully saturated rings. The van der Waals surface area contributed by atoms with E-state index in [0.717, 1.165) is 24.6 Å². The van der Waals surface area contributed by atoms with Gasteiger partial charge in [-0.15, -0.1) is 0 Å². The average molecular weight is 261 g/mol. The molecule has 3 rings (SSSR count). The number of piperidine rings is 1. The lowest BCUT2D eigenvalue weighted by Crippen LogP contribution is -2.28. The van der Waals surface area contributed by atoms with Gasteiger partial charge < -0.3 is 14.8 Å². The minimum atomic E-state index is 0.0750. The highest BCUT2D eigenvalue weighted by molar-refractivity contribution is 5.44. The van der Waals surface area contributed by atoms with E-state index in [9.17, 15) is 0 Å². The largest absolute Gasteiger partial charge is 0.489 e. The third-order valence-corrected chi connectivity index (χ3v) is 3.97. The summed E-state index contributed by atoms with van der Waals surface area (Å²) < 4.78 is 11.8. The highest BCUT2D eigenvalue weighted by atomic mass is 16.5. The SMILES string of the molecule is CC1(C)COc2ccc(C3CCCNC3)cc2OC1. The van der Waals surface area contributed by atoms with Crippen molar-refractivity contribution in [3.8, 4) is 11.5 Å². The van der Waals surface area contributed by atoms with Crippen molar-refractivity contribution in [1.29, 1.82) is 0 Å². The molecule has 0 radical (unpaired) electrons. The first-order valence-electron chi connectivity index (χ1n) is 7.24. The van der Waals surface area contributed by atoms with E-state index in [4.69, 9.17) is 9.47 Å². The van der Waals surface area contributed by atoms with E-state index in [1.165, 1.54) is 18.4 Å². The number of rotatable bonds is 1. The van der Waals surface area contributed by atoms with E-state index in [2.05, 4.69) is 37.4 Å². The molecule has 0 aliphatic carbocycles. The molecule has 1 aromatic rings. The molecule has 2 heterocycles. The molecule has 0 bridgehead atoms. The molecule has 0 aromatic heterocycles. The monoisotopic (exact) mass is 261 g/mol. The van der Waals surface area contributed by atoms with Crippen LogP contribution in [0.25, 0.3) is 0 Å². The first-order valence-corrected chi connectivity index (χ1v) is 7.24. The lowest BCUT2D eigenvalue weighted by molar-refractivity contribution is 0.140. The predicted molar refractivity (Wildman–Crippen MR) is 76.1 cm³/mol. The van der Waals surface area contributed by atoms with Gasteiger partial charge in [-0.1, -0.05) is 19.9 Å². The van der Waals surface area contributed by atoms with Gasteiger partial charge in [-0.25, -0.2) is 0 Å². The average Bonchev–Trinajstić information content (AvgIpc) is 2.59. The maximum absolute atomic E-state index is 5.95. The molecule has 104 valence electrons. The predicted octanol–water partition coefficient (Wildman–Crippen LogP) is 2.95. The van der Waals surface area contributed by atoms with Crippen LogP contribution in [0.2, 0.25) is 0 Å². The Bertz CT molecular complexity index is 450. The van der Waals surface area contributed by atoms with Gasteiger partial charge in [0.15, 0.2) is 11.5 Å². The highest BCUT2D eigenvalue weighted by Crippen LogP contribution is 2.36. The number of ether oxygens (including phenoxy) is 2. The van der Waals surface area contributed by atoms with Crippen LogP contribution in [0.15, 0.2) is 18.2 Å². The molecule has 3 heteroatoms. The number of hydrogen-bond acceptors (Lipinski definition) is 3. The minimum absolute atomic E-state index is 0.0750. The molecule has 2 aliphatic rings. The van der Waals surface area contributed by atoms with Crippen LogP contribution in [-0.2, 0) is 0 Å². The molecule has 1 aromatic carbocycles. The topological polar surface area (TPSA) is 30.5 Å². The van der Waals surface area contributed by atoms with Crippen molar-refractivity contribution in [2.45, 2.75) is 32.6 Å². The maximum Gasteiger partial charge on any atom is 0.161 e. The number of hydrogen-bond donors (Lipinski definition) is 1. The van der Waals surface area contributed by atoms with Crippen LogP contribution >= 0.6 is 0 Å². The van der Waals surface area contributed by atoms with Crippen molar-refractivity contribution in [3.63, 3.8) is 0 Å². The van der Waals surface area contributed by atoms with Crippen molar-refractivity contribution in [2.24, 2.45) is 5.41 Å². The summed E-state index contributed by atoms with van der Waals surface area (Å²) in [5.41, 5.74) is 1.44. The Kier molecular flexibility index (Phi) is 3.40. The molecular formula is C16H23NO2. The van der Waals surface area contributed by atoms with Crippen LogP contribution < -0.4 is 14.8 Å². The molecule has 0 amide bonds. The summed E-state index contributed by atoms with van der Waals surface area (Å²) in [4.78, 5) is 0. The van der Waals surface area contributed by atoms with E-state index < -0.39 is 0 Å². The fourth-order valence-corrected chi connectivity index (χ4v) is 2.73. The molecule has 1 unspecified atom stereocenters. The van der Waals surface area contributed by atoms with E-state index >= 15 is 0 Å². The van der Waals surface area contributed by atoms with Gasteiger partial charge >= 0.3 is 0 Å². The quantitative estimate of drug-likeness (QED) is 0.843. The van der Waals surface area contributed by atoms with Gasteiger partial charge in [-0.3, -0.25) is 0 Å². The molecular weight excluding hydrogens is 238 g/mol. The van der Waals surface area contributed by atoms with Gasteiger partial charge in [0.2, 0.25) is 0 Å². The summed E-state index contributed by atoms with van der Waals surface area (Å²) in [5, 5.41) is 3.47. The van der Waals surface area contributed by atoms with Crippen molar-refractivity contribution >= 4 is 0 Å². The molecule has 2 aliphatic heterocycles. The molecule has 0 spiro atoms. The van der Waals surface area contributed by atoms with Crippen LogP contribution in [0.5, 0.6) is 11.5 Å². The second-order valence-corrected chi connectivity index (χ2v) is 6.49. The van der Waals surface area contributed by atoms with Crippen molar-refractivity contribution in [1.82, 2.24) is 5.32 Å². The lowest BCUT2D eigenvalue weighted by Gasteiger charge is -2.23. The van der Waals surface area contributed by atoms with Crippen molar-refractivity contribution in [2.75, 3.05) is 26.3 Å². The van der Waals surface area contributed by atoms with Crippen molar-refractivity contribution < 1.29 is 9.47 Å². The van der Waals surface area contributed by atoms with Gasteiger partial charge in [0.1, 0.15) is 0 Å². The van der Waals surface area contributed by atoms with E-state index in [1.54, 1.807) is 0 Å². The summed E-state index contributed by atoms with van der Waals surface area (Å²) in [6.07, 6.45) is 2.52. The Hall–Kier alpha value is -1.22. The standard InChI is InChI=1S/C16H23NO2/c1-16(2)10-18-14-6-5-12(8-15(14)19-11-16)13-4-3-7-17-9-13/h5-6,8,13,17H,3-4,7,9-11H2,1-2H3. The maximum atomic E-state index is 5.95. The summed E-state index contributed by atoms with van der Waals surface area (Å²) in [5.74, 6) is 2.41. The zero-order valence-electron chi connectivity index (χ0n) is 11.9. The van der Waals surface area contributed by atoms with E-state index in [0.29, 0.717) is 19.1 Å². The molecule has 3 nitrogen and oxygen atoms in total. The minimum Gasteiger partial charge on any atom is -0.489 e. The zero-order chi connectivity index (χ0) is 13.3. The van der Waals surface area contributed by atoms with Gasteiger partial charge in [-0.05, 0) is 43.0 Å². The van der Waals surface area contributed by atoms with Gasteiger partial charge in [0, 0.05) is 12.0 Å². The molecule has 0 saturated carbocycles. The van der Waals surface area contributed by atoms with Gasteiger partial charge in [0.05, 0.1) is 13.2 Å². The Morgan fingerprint density at radius 3 is 2.68 bits per heavy atom. The first kappa shape index (κ1) is 12.8. The van der Waals surface area contributed by atoms with E-state index in [-0.39, 0.29) is 5.41 Å². The summed E-state index contributed by atoms with van der Waals surface area (Å²) in [6.45, 7) is 7.99. The third kappa shape index (κ3) is 2.86. The summed E-state index contributed by atoms with van der Waals surface area (Å²) in [7, 11) is 0. The normalized spacial score (nSPS) is 25.7. The van der Waals surface area contributed by atoms with Crippen LogP contribution in [0.1, 0.15) is 38.2 Å². The number of nitrogens with one attached hydrogen (secondary N) is 1. The number of benzene rings is 1. The Morgan fingerprint density at radius 1 is 1.16 bits per heavy atom.